The minimum atomic E-state index is -3.82. The first-order chi connectivity index (χ1) is 9.83. The summed E-state index contributed by atoms with van der Waals surface area (Å²) in [5, 5.41) is 10.7. The lowest BCUT2D eigenvalue weighted by atomic mass is 9.96. The van der Waals surface area contributed by atoms with Gasteiger partial charge in [-0.2, -0.15) is 0 Å². The molecule has 0 spiro atoms. The third kappa shape index (κ3) is 3.53. The van der Waals surface area contributed by atoms with Crippen LogP contribution in [0.5, 0.6) is 0 Å². The van der Waals surface area contributed by atoms with E-state index in [0.717, 1.165) is 19.3 Å². The minimum Gasteiger partial charge on any atom is -0.258 e. The number of nitrogens with one attached hydrogen (secondary N) is 1. The highest BCUT2D eigenvalue weighted by atomic mass is 35.5. The standard InChI is InChI=1S/C13H17ClN2O4S/c1-9-12(16(17)18)7-4-8-13(9)21(19,20)15-11-6-3-2-5-10(11)14/h4,7-8,10-11,15H,2-3,5-6H2,1H3. The Kier molecular flexibility index (Phi) is 4.85. The molecule has 0 bridgehead atoms. The molecular formula is C13H17ClN2O4S. The fourth-order valence-electron chi connectivity index (χ4n) is 2.57. The zero-order valence-electron chi connectivity index (χ0n) is 11.6. The van der Waals surface area contributed by atoms with E-state index in [2.05, 4.69) is 4.72 Å². The fraction of sp³-hybridized carbons (Fsp3) is 0.538. The average molecular weight is 333 g/mol. The van der Waals surface area contributed by atoms with Crippen LogP contribution < -0.4 is 4.72 Å². The van der Waals surface area contributed by atoms with Gasteiger partial charge in [-0.05, 0) is 25.8 Å². The van der Waals surface area contributed by atoms with E-state index in [1.807, 2.05) is 0 Å². The lowest BCUT2D eigenvalue weighted by molar-refractivity contribution is -0.385. The van der Waals surface area contributed by atoms with Crippen molar-refractivity contribution in [3.8, 4) is 0 Å². The zero-order chi connectivity index (χ0) is 15.6. The van der Waals surface area contributed by atoms with Crippen LogP contribution >= 0.6 is 11.6 Å². The van der Waals surface area contributed by atoms with Gasteiger partial charge >= 0.3 is 0 Å². The maximum Gasteiger partial charge on any atom is 0.273 e. The number of benzene rings is 1. The van der Waals surface area contributed by atoms with Crippen molar-refractivity contribution in [2.45, 2.75) is 48.9 Å². The molecule has 21 heavy (non-hydrogen) atoms. The Hall–Kier alpha value is -1.18. The average Bonchev–Trinajstić information content (AvgIpc) is 2.41. The lowest BCUT2D eigenvalue weighted by Gasteiger charge is -2.27. The van der Waals surface area contributed by atoms with Gasteiger partial charge in [-0.15, -0.1) is 11.6 Å². The number of nitro benzene ring substituents is 1. The summed E-state index contributed by atoms with van der Waals surface area (Å²) < 4.78 is 27.5. The van der Waals surface area contributed by atoms with Crippen molar-refractivity contribution in [1.82, 2.24) is 4.72 Å². The molecule has 1 saturated carbocycles. The van der Waals surface area contributed by atoms with Crippen molar-refractivity contribution < 1.29 is 13.3 Å². The van der Waals surface area contributed by atoms with Gasteiger partial charge in [0, 0.05) is 23.0 Å². The van der Waals surface area contributed by atoms with Gasteiger partial charge in [0.05, 0.1) is 9.82 Å². The molecule has 2 rings (SSSR count). The summed E-state index contributed by atoms with van der Waals surface area (Å²) in [6.45, 7) is 1.44. The molecule has 8 heteroatoms. The maximum atomic E-state index is 12.4. The molecule has 2 atom stereocenters. The number of halogens is 1. The predicted molar refractivity (Wildman–Crippen MR) is 80.1 cm³/mol. The Balaban J connectivity index is 2.31. The molecule has 1 N–H and O–H groups in total. The molecule has 0 aliphatic heterocycles. The molecule has 0 aromatic heterocycles. The van der Waals surface area contributed by atoms with Crippen molar-refractivity contribution in [3.05, 3.63) is 33.9 Å². The number of hydrogen-bond donors (Lipinski definition) is 1. The van der Waals surface area contributed by atoms with Crippen LogP contribution in [0.15, 0.2) is 23.1 Å². The summed E-state index contributed by atoms with van der Waals surface area (Å²) in [6, 6.07) is 3.71. The second kappa shape index (κ2) is 6.29. The van der Waals surface area contributed by atoms with E-state index in [4.69, 9.17) is 11.6 Å². The van der Waals surface area contributed by atoms with Gasteiger partial charge in [-0.25, -0.2) is 13.1 Å². The molecule has 1 aromatic rings. The van der Waals surface area contributed by atoms with Crippen molar-refractivity contribution >= 4 is 27.3 Å². The predicted octanol–water partition coefficient (Wildman–Crippen LogP) is 2.73. The molecule has 1 aromatic carbocycles. The van der Waals surface area contributed by atoms with E-state index in [1.54, 1.807) is 0 Å². The lowest BCUT2D eigenvalue weighted by Crippen LogP contribution is -2.42. The molecule has 0 amide bonds. The van der Waals surface area contributed by atoms with Crippen LogP contribution in [0.2, 0.25) is 0 Å². The summed E-state index contributed by atoms with van der Waals surface area (Å²) >= 11 is 6.16. The number of hydrogen-bond acceptors (Lipinski definition) is 4. The van der Waals surface area contributed by atoms with Crippen LogP contribution in [-0.2, 0) is 10.0 Å². The minimum absolute atomic E-state index is 0.0638. The SMILES string of the molecule is Cc1c([N+](=O)[O-])cccc1S(=O)(=O)NC1CCCCC1Cl. The van der Waals surface area contributed by atoms with E-state index < -0.39 is 14.9 Å². The van der Waals surface area contributed by atoms with Crippen molar-refractivity contribution in [1.29, 1.82) is 0 Å². The van der Waals surface area contributed by atoms with Crippen LogP contribution in [0.1, 0.15) is 31.2 Å². The molecule has 1 aliphatic carbocycles. The van der Waals surface area contributed by atoms with Gasteiger partial charge < -0.3 is 0 Å². The van der Waals surface area contributed by atoms with Crippen LogP contribution in [-0.4, -0.2) is 24.8 Å². The van der Waals surface area contributed by atoms with Gasteiger partial charge in [0.25, 0.3) is 5.69 Å². The van der Waals surface area contributed by atoms with Crippen LogP contribution in [0, 0.1) is 17.0 Å². The number of nitro groups is 1. The van der Waals surface area contributed by atoms with Gasteiger partial charge in [0.1, 0.15) is 0 Å². The zero-order valence-corrected chi connectivity index (χ0v) is 13.2. The largest absolute Gasteiger partial charge is 0.273 e. The second-order valence-corrected chi connectivity index (χ2v) is 7.43. The Morgan fingerprint density at radius 1 is 1.33 bits per heavy atom. The topological polar surface area (TPSA) is 89.3 Å². The first kappa shape index (κ1) is 16.2. The summed E-state index contributed by atoms with van der Waals surface area (Å²) in [7, 11) is -3.82. The van der Waals surface area contributed by atoms with Crippen LogP contribution in [0.4, 0.5) is 5.69 Å². The first-order valence-corrected chi connectivity index (χ1v) is 8.65. The molecule has 1 aliphatic rings. The number of alkyl halides is 1. The highest BCUT2D eigenvalue weighted by Gasteiger charge is 2.30. The highest BCUT2D eigenvalue weighted by Crippen LogP contribution is 2.28. The molecular weight excluding hydrogens is 316 g/mol. The number of rotatable bonds is 4. The van der Waals surface area contributed by atoms with Crippen LogP contribution in [0.3, 0.4) is 0 Å². The summed E-state index contributed by atoms with van der Waals surface area (Å²) in [5.74, 6) is 0. The number of nitrogens with zero attached hydrogens (tertiary/aromatic N) is 1. The summed E-state index contributed by atoms with van der Waals surface area (Å²) in [4.78, 5) is 10.3. The van der Waals surface area contributed by atoms with Crippen molar-refractivity contribution in [2.75, 3.05) is 0 Å². The number of sulfonamides is 1. The van der Waals surface area contributed by atoms with Gasteiger partial charge in [0.2, 0.25) is 10.0 Å². The molecule has 6 nitrogen and oxygen atoms in total. The first-order valence-electron chi connectivity index (χ1n) is 6.73. The quantitative estimate of drug-likeness (QED) is 0.521. The van der Waals surface area contributed by atoms with Gasteiger partial charge in [-0.3, -0.25) is 10.1 Å². The van der Waals surface area contributed by atoms with E-state index in [1.165, 1.54) is 25.1 Å². The molecule has 2 unspecified atom stereocenters. The van der Waals surface area contributed by atoms with E-state index >= 15 is 0 Å². The molecule has 0 heterocycles. The van der Waals surface area contributed by atoms with Crippen LogP contribution in [0.25, 0.3) is 0 Å². The van der Waals surface area contributed by atoms with Crippen molar-refractivity contribution in [2.24, 2.45) is 0 Å². The monoisotopic (exact) mass is 332 g/mol. The smallest absolute Gasteiger partial charge is 0.258 e. The fourth-order valence-corrected chi connectivity index (χ4v) is 4.56. The van der Waals surface area contributed by atoms with E-state index in [-0.39, 0.29) is 27.6 Å². The highest BCUT2D eigenvalue weighted by molar-refractivity contribution is 7.89. The van der Waals surface area contributed by atoms with Gasteiger partial charge in [0.15, 0.2) is 0 Å². The van der Waals surface area contributed by atoms with E-state index in [9.17, 15) is 18.5 Å². The molecule has 0 saturated heterocycles. The molecule has 116 valence electrons. The molecule has 1 fully saturated rings. The third-order valence-electron chi connectivity index (χ3n) is 3.73. The normalized spacial score (nSPS) is 23.0. The van der Waals surface area contributed by atoms with E-state index in [0.29, 0.717) is 6.42 Å². The van der Waals surface area contributed by atoms with Crippen molar-refractivity contribution in [3.63, 3.8) is 0 Å². The Bertz CT molecular complexity index is 648. The Morgan fingerprint density at radius 3 is 2.62 bits per heavy atom. The summed E-state index contributed by atoms with van der Waals surface area (Å²) in [6.07, 6.45) is 3.36. The summed E-state index contributed by atoms with van der Waals surface area (Å²) in [5.41, 5.74) is -0.0686. The van der Waals surface area contributed by atoms with Gasteiger partial charge in [-0.1, -0.05) is 18.9 Å². The Labute approximate surface area is 128 Å². The third-order valence-corrected chi connectivity index (χ3v) is 5.89. The second-order valence-electron chi connectivity index (χ2n) is 5.19. The Morgan fingerprint density at radius 2 is 2.00 bits per heavy atom. The maximum absolute atomic E-state index is 12.4. The molecule has 0 radical (unpaired) electrons.